The van der Waals surface area contributed by atoms with Crippen molar-refractivity contribution < 1.29 is 31.5 Å². The van der Waals surface area contributed by atoms with Gasteiger partial charge in [-0.3, -0.25) is 9.52 Å². The molecule has 0 radical (unpaired) electrons. The molecule has 0 aliphatic heterocycles. The van der Waals surface area contributed by atoms with Crippen molar-refractivity contribution in [1.82, 2.24) is 5.32 Å². The number of benzene rings is 2. The molecule has 0 heterocycles. The van der Waals surface area contributed by atoms with Crippen LogP contribution in [0.3, 0.4) is 0 Å². The molecule has 1 unspecified atom stereocenters. The maximum atomic E-state index is 12.6. The van der Waals surface area contributed by atoms with Crippen molar-refractivity contribution in [3.63, 3.8) is 0 Å². The number of phenolic OH excluding ortho intramolecular Hbond substituents is 1. The average Bonchev–Trinajstić information content (AvgIpc) is 2.98. The van der Waals surface area contributed by atoms with Crippen LogP contribution in [0.2, 0.25) is 0 Å². The van der Waals surface area contributed by atoms with E-state index in [0.29, 0.717) is 18.4 Å². The minimum Gasteiger partial charge on any atom is -0.508 e. The monoisotopic (exact) mass is 400 g/mol. The number of amides is 1. The van der Waals surface area contributed by atoms with Crippen LogP contribution in [-0.4, -0.2) is 24.9 Å². The lowest BCUT2D eigenvalue weighted by atomic mass is 10.1. The fourth-order valence-corrected chi connectivity index (χ4v) is 3.58. The molecule has 3 rings (SSSR count). The molecule has 0 aromatic heterocycles. The Morgan fingerprint density at radius 3 is 2.52 bits per heavy atom. The lowest BCUT2D eigenvalue weighted by molar-refractivity contribution is -0.0429. The van der Waals surface area contributed by atoms with Crippen molar-refractivity contribution in [1.29, 1.82) is 0 Å². The summed E-state index contributed by atoms with van der Waals surface area (Å²) in [6, 6.07) is 9.49. The molecule has 1 aliphatic rings. The Kier molecular flexibility index (Phi) is 4.77. The van der Waals surface area contributed by atoms with Crippen molar-refractivity contribution in [2.45, 2.75) is 24.4 Å². The number of carbonyl (C=O) groups is 1. The summed E-state index contributed by atoms with van der Waals surface area (Å²) in [7, 11) is -5.65. The van der Waals surface area contributed by atoms with Gasteiger partial charge in [0.15, 0.2) is 0 Å². The molecule has 0 spiro atoms. The number of nitrogens with one attached hydrogen (secondary N) is 2. The van der Waals surface area contributed by atoms with Crippen molar-refractivity contribution >= 4 is 21.6 Å². The van der Waals surface area contributed by atoms with Gasteiger partial charge in [-0.25, -0.2) is 0 Å². The van der Waals surface area contributed by atoms with Crippen LogP contribution in [0, 0.1) is 0 Å². The maximum absolute atomic E-state index is 12.6. The van der Waals surface area contributed by atoms with Gasteiger partial charge in [0, 0.05) is 0 Å². The number of fused-ring (bicyclic) bond motifs is 1. The molecular formula is C17H15F3N2O4S. The third kappa shape index (κ3) is 3.70. The standard InChI is InChI=1S/C17H15F3N2O4S/c18-17(19,20)27(25,26)22-14-6-2-1-4-12(14)16(24)21-13-9-8-11-10(13)5-3-7-15(11)23/h1-7,13,22-23H,8-9H2,(H,21,24). The van der Waals surface area contributed by atoms with Gasteiger partial charge >= 0.3 is 15.5 Å². The molecule has 10 heteroatoms. The van der Waals surface area contributed by atoms with Crippen molar-refractivity contribution in [2.75, 3.05) is 4.72 Å². The van der Waals surface area contributed by atoms with Crippen LogP contribution in [0.5, 0.6) is 5.75 Å². The molecule has 27 heavy (non-hydrogen) atoms. The number of halogens is 3. The number of sulfonamides is 1. The molecule has 0 bridgehead atoms. The topological polar surface area (TPSA) is 95.5 Å². The van der Waals surface area contributed by atoms with E-state index in [1.807, 2.05) is 0 Å². The van der Waals surface area contributed by atoms with Crippen molar-refractivity contribution in [2.24, 2.45) is 0 Å². The zero-order chi connectivity index (χ0) is 19.8. The number of alkyl halides is 3. The van der Waals surface area contributed by atoms with Crippen LogP contribution in [0.15, 0.2) is 42.5 Å². The van der Waals surface area contributed by atoms with Crippen LogP contribution in [0.4, 0.5) is 18.9 Å². The molecule has 6 nitrogen and oxygen atoms in total. The average molecular weight is 400 g/mol. The fraction of sp³-hybridized carbons (Fsp3) is 0.235. The summed E-state index contributed by atoms with van der Waals surface area (Å²) in [4.78, 5) is 12.6. The number of para-hydroxylation sites is 1. The molecule has 1 amide bonds. The van der Waals surface area contributed by atoms with E-state index in [2.05, 4.69) is 5.32 Å². The molecule has 0 saturated carbocycles. The van der Waals surface area contributed by atoms with Crippen LogP contribution in [-0.2, 0) is 16.4 Å². The Balaban J connectivity index is 1.85. The van der Waals surface area contributed by atoms with E-state index < -0.39 is 33.2 Å². The predicted molar refractivity (Wildman–Crippen MR) is 91.7 cm³/mol. The zero-order valence-electron chi connectivity index (χ0n) is 13.7. The fourth-order valence-electron chi connectivity index (χ4n) is 2.99. The second kappa shape index (κ2) is 6.76. The highest BCUT2D eigenvalue weighted by molar-refractivity contribution is 7.93. The van der Waals surface area contributed by atoms with Crippen LogP contribution < -0.4 is 10.0 Å². The molecule has 2 aromatic rings. The van der Waals surface area contributed by atoms with E-state index in [0.717, 1.165) is 11.6 Å². The largest absolute Gasteiger partial charge is 0.516 e. The Hall–Kier alpha value is -2.75. The second-order valence-corrected chi connectivity index (χ2v) is 7.68. The zero-order valence-corrected chi connectivity index (χ0v) is 14.6. The summed E-state index contributed by atoms with van der Waals surface area (Å²) >= 11 is 0. The smallest absolute Gasteiger partial charge is 0.508 e. The van der Waals surface area contributed by atoms with Crippen LogP contribution >= 0.6 is 0 Å². The SMILES string of the molecule is O=C(NC1CCc2c(O)cccc21)c1ccccc1NS(=O)(=O)C(F)(F)F. The Labute approximate surface area is 153 Å². The van der Waals surface area contributed by atoms with Gasteiger partial charge in [-0.2, -0.15) is 21.6 Å². The number of aromatic hydroxyl groups is 1. The molecule has 144 valence electrons. The number of phenols is 1. The van der Waals surface area contributed by atoms with E-state index in [9.17, 15) is 31.5 Å². The summed E-state index contributed by atoms with van der Waals surface area (Å²) < 4.78 is 61.9. The molecule has 1 atom stereocenters. The number of hydrogen-bond donors (Lipinski definition) is 3. The number of hydrogen-bond acceptors (Lipinski definition) is 4. The van der Waals surface area contributed by atoms with Crippen molar-refractivity contribution in [3.8, 4) is 5.75 Å². The molecule has 1 aliphatic carbocycles. The van der Waals surface area contributed by atoms with Crippen LogP contribution in [0.25, 0.3) is 0 Å². The number of carbonyl (C=O) groups excluding carboxylic acids is 1. The minimum absolute atomic E-state index is 0.114. The van der Waals surface area contributed by atoms with Gasteiger partial charge in [0.05, 0.1) is 17.3 Å². The molecule has 0 fully saturated rings. The van der Waals surface area contributed by atoms with Gasteiger partial charge in [0.1, 0.15) is 5.75 Å². The summed E-state index contributed by atoms with van der Waals surface area (Å²) in [6.07, 6.45) is 1.05. The van der Waals surface area contributed by atoms with Gasteiger partial charge in [-0.1, -0.05) is 24.3 Å². The molecule has 0 saturated heterocycles. The third-order valence-corrected chi connectivity index (χ3v) is 5.37. The second-order valence-electron chi connectivity index (χ2n) is 6.01. The highest BCUT2D eigenvalue weighted by Gasteiger charge is 2.46. The Morgan fingerprint density at radius 2 is 1.81 bits per heavy atom. The number of anilines is 1. The molecule has 2 aromatic carbocycles. The molecular weight excluding hydrogens is 385 g/mol. The Bertz CT molecular complexity index is 990. The maximum Gasteiger partial charge on any atom is 0.516 e. The minimum atomic E-state index is -5.65. The van der Waals surface area contributed by atoms with Crippen molar-refractivity contribution in [3.05, 3.63) is 59.2 Å². The van der Waals surface area contributed by atoms with Gasteiger partial charge in [0.25, 0.3) is 5.91 Å². The Morgan fingerprint density at radius 1 is 1.11 bits per heavy atom. The van der Waals surface area contributed by atoms with E-state index in [1.165, 1.54) is 29.0 Å². The lowest BCUT2D eigenvalue weighted by Gasteiger charge is -2.17. The molecule has 3 N–H and O–H groups in total. The third-order valence-electron chi connectivity index (χ3n) is 4.27. The predicted octanol–water partition coefficient (Wildman–Crippen LogP) is 3.07. The van der Waals surface area contributed by atoms with Crippen LogP contribution in [0.1, 0.15) is 33.9 Å². The van der Waals surface area contributed by atoms with E-state index >= 15 is 0 Å². The first-order chi connectivity index (χ1) is 12.6. The summed E-state index contributed by atoms with van der Waals surface area (Å²) in [5.41, 5.74) is -4.79. The quantitative estimate of drug-likeness (QED) is 0.735. The van der Waals surface area contributed by atoms with Gasteiger partial charge in [-0.05, 0) is 42.2 Å². The van der Waals surface area contributed by atoms with Gasteiger partial charge < -0.3 is 10.4 Å². The first-order valence-corrected chi connectivity index (χ1v) is 9.38. The van der Waals surface area contributed by atoms with Gasteiger partial charge in [-0.15, -0.1) is 0 Å². The highest BCUT2D eigenvalue weighted by Crippen LogP contribution is 2.36. The normalized spacial score (nSPS) is 16.6. The lowest BCUT2D eigenvalue weighted by Crippen LogP contribution is -2.32. The van der Waals surface area contributed by atoms with E-state index in [-0.39, 0.29) is 11.3 Å². The summed E-state index contributed by atoms with van der Waals surface area (Å²) in [5.74, 6) is -0.612. The van der Waals surface area contributed by atoms with E-state index in [4.69, 9.17) is 0 Å². The van der Waals surface area contributed by atoms with Gasteiger partial charge in [0.2, 0.25) is 0 Å². The first-order valence-electron chi connectivity index (χ1n) is 7.90. The summed E-state index contributed by atoms with van der Waals surface area (Å²) in [5, 5.41) is 12.5. The number of rotatable bonds is 4. The highest BCUT2D eigenvalue weighted by atomic mass is 32.2. The van der Waals surface area contributed by atoms with E-state index in [1.54, 1.807) is 12.1 Å². The summed E-state index contributed by atoms with van der Waals surface area (Å²) in [6.45, 7) is 0. The first kappa shape index (κ1) is 19.0.